The molecule has 1 aromatic carbocycles. The lowest BCUT2D eigenvalue weighted by Gasteiger charge is -2.05. The Morgan fingerprint density at radius 1 is 1.25 bits per heavy atom. The molecule has 0 unspecified atom stereocenters. The lowest BCUT2D eigenvalue weighted by Crippen LogP contribution is -2.13. The normalized spacial score (nSPS) is 10.8. The van der Waals surface area contributed by atoms with Gasteiger partial charge in [-0.15, -0.1) is 11.3 Å². The van der Waals surface area contributed by atoms with Crippen molar-refractivity contribution in [2.24, 2.45) is 0 Å². The van der Waals surface area contributed by atoms with Crippen LogP contribution in [-0.2, 0) is 13.1 Å². The first-order chi connectivity index (χ1) is 9.47. The first-order valence-corrected chi connectivity index (χ1v) is 7.15. The number of halogens is 3. The molecule has 0 aliphatic carbocycles. The van der Waals surface area contributed by atoms with Crippen LogP contribution >= 0.6 is 27.3 Å². The summed E-state index contributed by atoms with van der Waals surface area (Å²) in [5.74, 6) is -1.97. The van der Waals surface area contributed by atoms with Crippen molar-refractivity contribution in [1.82, 2.24) is 5.32 Å². The van der Waals surface area contributed by atoms with E-state index in [0.717, 1.165) is 14.7 Å². The maximum Gasteiger partial charge on any atom is 0.305 e. The molecule has 2 aromatic rings. The third-order valence-corrected chi connectivity index (χ3v) is 4.18. The summed E-state index contributed by atoms with van der Waals surface area (Å²) in [6, 6.07) is 5.26. The molecule has 0 fully saturated rings. The molecule has 0 aliphatic rings. The van der Waals surface area contributed by atoms with Crippen LogP contribution in [0.5, 0.6) is 0 Å². The standard InChI is InChI=1S/C12H9BrF2N2O2S/c13-12-2-1-8(20-12)6-16-5-7-3-11(17(18)19)10(15)4-9(7)14/h1-4,16H,5-6H2. The van der Waals surface area contributed by atoms with Gasteiger partial charge < -0.3 is 5.32 Å². The fourth-order valence-electron chi connectivity index (χ4n) is 1.62. The van der Waals surface area contributed by atoms with Crippen molar-refractivity contribution < 1.29 is 13.7 Å². The minimum Gasteiger partial charge on any atom is -0.308 e. The second-order valence-electron chi connectivity index (χ2n) is 3.96. The fraction of sp³-hybridized carbons (Fsp3) is 0.167. The van der Waals surface area contributed by atoms with E-state index in [2.05, 4.69) is 21.2 Å². The summed E-state index contributed by atoms with van der Waals surface area (Å²) in [7, 11) is 0. The van der Waals surface area contributed by atoms with Gasteiger partial charge in [0, 0.05) is 35.7 Å². The topological polar surface area (TPSA) is 55.2 Å². The van der Waals surface area contributed by atoms with Crippen molar-refractivity contribution in [2.45, 2.75) is 13.1 Å². The molecule has 0 saturated carbocycles. The molecular formula is C12H9BrF2N2O2S. The van der Waals surface area contributed by atoms with Crippen molar-refractivity contribution in [3.8, 4) is 0 Å². The van der Waals surface area contributed by atoms with E-state index < -0.39 is 22.2 Å². The highest BCUT2D eigenvalue weighted by Crippen LogP contribution is 2.23. The second-order valence-corrected chi connectivity index (χ2v) is 6.51. The molecule has 1 N–H and O–H groups in total. The maximum absolute atomic E-state index is 13.5. The number of nitrogens with one attached hydrogen (secondary N) is 1. The molecule has 1 heterocycles. The van der Waals surface area contributed by atoms with Gasteiger partial charge in [-0.25, -0.2) is 4.39 Å². The summed E-state index contributed by atoms with van der Waals surface area (Å²) < 4.78 is 27.7. The molecule has 4 nitrogen and oxygen atoms in total. The number of nitrogens with zero attached hydrogens (tertiary/aromatic N) is 1. The summed E-state index contributed by atoms with van der Waals surface area (Å²) in [6.07, 6.45) is 0. The molecule has 0 atom stereocenters. The van der Waals surface area contributed by atoms with Gasteiger partial charge in [-0.05, 0) is 28.1 Å². The first-order valence-electron chi connectivity index (χ1n) is 5.54. The van der Waals surface area contributed by atoms with Crippen LogP contribution in [0.15, 0.2) is 28.1 Å². The molecule has 8 heteroatoms. The third-order valence-electron chi connectivity index (χ3n) is 2.56. The van der Waals surface area contributed by atoms with Crippen LogP contribution in [0, 0.1) is 21.7 Å². The molecule has 0 spiro atoms. The van der Waals surface area contributed by atoms with Gasteiger partial charge in [-0.3, -0.25) is 10.1 Å². The molecule has 106 valence electrons. The number of nitro benzene ring substituents is 1. The van der Waals surface area contributed by atoms with Crippen LogP contribution in [0.3, 0.4) is 0 Å². The van der Waals surface area contributed by atoms with Gasteiger partial charge >= 0.3 is 5.69 Å². The zero-order chi connectivity index (χ0) is 14.7. The minimum atomic E-state index is -1.17. The Balaban J connectivity index is 2.05. The predicted octanol–water partition coefficient (Wildman–Crippen LogP) is 3.99. The van der Waals surface area contributed by atoms with Gasteiger partial charge in [0.25, 0.3) is 0 Å². The van der Waals surface area contributed by atoms with Crippen molar-refractivity contribution in [1.29, 1.82) is 0 Å². The Kier molecular flexibility index (Phi) is 4.79. The van der Waals surface area contributed by atoms with Crippen molar-refractivity contribution >= 4 is 33.0 Å². The summed E-state index contributed by atoms with van der Waals surface area (Å²) in [6.45, 7) is 0.587. The zero-order valence-corrected chi connectivity index (χ0v) is 12.4. The van der Waals surface area contributed by atoms with E-state index in [1.165, 1.54) is 11.3 Å². The van der Waals surface area contributed by atoms with Crippen molar-refractivity contribution in [2.75, 3.05) is 0 Å². The maximum atomic E-state index is 13.5. The van der Waals surface area contributed by atoms with Gasteiger partial charge in [0.15, 0.2) is 0 Å². The molecule has 0 bridgehead atoms. The van der Waals surface area contributed by atoms with E-state index >= 15 is 0 Å². The monoisotopic (exact) mass is 362 g/mol. The SMILES string of the molecule is O=[N+]([O-])c1cc(CNCc2ccc(Br)s2)c(F)cc1F. The molecule has 0 amide bonds. The summed E-state index contributed by atoms with van der Waals surface area (Å²) in [4.78, 5) is 10.8. The van der Waals surface area contributed by atoms with Crippen LogP contribution in [0.2, 0.25) is 0 Å². The number of hydrogen-bond acceptors (Lipinski definition) is 4. The number of benzene rings is 1. The Morgan fingerprint density at radius 2 is 2.00 bits per heavy atom. The van der Waals surface area contributed by atoms with Crippen LogP contribution in [0.1, 0.15) is 10.4 Å². The van der Waals surface area contributed by atoms with E-state index in [9.17, 15) is 18.9 Å². The van der Waals surface area contributed by atoms with Crippen LogP contribution < -0.4 is 5.32 Å². The van der Waals surface area contributed by atoms with E-state index in [0.29, 0.717) is 12.6 Å². The van der Waals surface area contributed by atoms with E-state index in [-0.39, 0.29) is 12.1 Å². The lowest BCUT2D eigenvalue weighted by molar-refractivity contribution is -0.387. The van der Waals surface area contributed by atoms with Crippen molar-refractivity contribution in [3.63, 3.8) is 0 Å². The molecule has 2 rings (SSSR count). The Labute approximate surface area is 125 Å². The zero-order valence-electron chi connectivity index (χ0n) is 10.0. The predicted molar refractivity (Wildman–Crippen MR) is 75.6 cm³/mol. The highest BCUT2D eigenvalue weighted by Gasteiger charge is 2.18. The molecule has 0 radical (unpaired) electrons. The van der Waals surface area contributed by atoms with Gasteiger partial charge in [0.1, 0.15) is 5.82 Å². The highest BCUT2D eigenvalue weighted by atomic mass is 79.9. The van der Waals surface area contributed by atoms with Crippen LogP contribution in [0.4, 0.5) is 14.5 Å². The van der Waals surface area contributed by atoms with Gasteiger partial charge in [-0.2, -0.15) is 4.39 Å². The van der Waals surface area contributed by atoms with Gasteiger partial charge in [-0.1, -0.05) is 0 Å². The molecule has 20 heavy (non-hydrogen) atoms. The molecule has 0 aliphatic heterocycles. The molecule has 0 saturated heterocycles. The number of thiophene rings is 1. The summed E-state index contributed by atoms with van der Waals surface area (Å²) in [5.41, 5.74) is -0.657. The van der Waals surface area contributed by atoms with Gasteiger partial charge in [0.05, 0.1) is 8.71 Å². The summed E-state index contributed by atoms with van der Waals surface area (Å²) >= 11 is 4.86. The van der Waals surface area contributed by atoms with Crippen molar-refractivity contribution in [3.05, 3.63) is 60.2 Å². The minimum absolute atomic E-state index is 0.0636. The number of nitro groups is 1. The number of rotatable bonds is 5. The van der Waals surface area contributed by atoms with Gasteiger partial charge in [0.2, 0.25) is 5.82 Å². The van der Waals surface area contributed by atoms with E-state index in [1.54, 1.807) is 0 Å². The average Bonchev–Trinajstić information content (AvgIpc) is 2.77. The quantitative estimate of drug-likeness (QED) is 0.646. The Hall–Kier alpha value is -1.38. The van der Waals surface area contributed by atoms with E-state index in [1.807, 2.05) is 12.1 Å². The summed E-state index contributed by atoms with van der Waals surface area (Å²) in [5, 5.41) is 13.6. The Bertz CT molecular complexity index is 648. The molecular weight excluding hydrogens is 354 g/mol. The smallest absolute Gasteiger partial charge is 0.305 e. The largest absolute Gasteiger partial charge is 0.308 e. The van der Waals surface area contributed by atoms with Crippen LogP contribution in [0.25, 0.3) is 0 Å². The van der Waals surface area contributed by atoms with Crippen LogP contribution in [-0.4, -0.2) is 4.92 Å². The third kappa shape index (κ3) is 3.59. The first kappa shape index (κ1) is 15.0. The fourth-order valence-corrected chi connectivity index (χ4v) is 3.08. The van der Waals surface area contributed by atoms with E-state index in [4.69, 9.17) is 0 Å². The average molecular weight is 363 g/mol. The highest BCUT2D eigenvalue weighted by molar-refractivity contribution is 9.11. The molecule has 1 aromatic heterocycles. The number of hydrogen-bond donors (Lipinski definition) is 1. The lowest BCUT2D eigenvalue weighted by atomic mass is 10.1. The second kappa shape index (κ2) is 6.38. The Morgan fingerprint density at radius 3 is 2.60 bits per heavy atom.